The number of aromatic nitrogens is 1. The number of anilines is 1. The molecule has 2 aromatic rings. The van der Waals surface area contributed by atoms with E-state index < -0.39 is 17.5 Å². The van der Waals surface area contributed by atoms with Gasteiger partial charge in [0.25, 0.3) is 0 Å². The number of aryl methyl sites for hydroxylation is 1. The summed E-state index contributed by atoms with van der Waals surface area (Å²) < 4.78 is 39.4. The van der Waals surface area contributed by atoms with Crippen molar-refractivity contribution in [2.45, 2.75) is 12.8 Å². The maximum atomic E-state index is 13.2. The van der Waals surface area contributed by atoms with Crippen LogP contribution in [0.15, 0.2) is 30.5 Å². The number of rotatable bonds is 4. The molecule has 1 N–H and O–H groups in total. The molecule has 1 aromatic carbocycles. The zero-order valence-corrected chi connectivity index (χ0v) is 14.0. The molecule has 138 valence electrons. The molecule has 1 aliphatic rings. The minimum absolute atomic E-state index is 0.0937. The summed E-state index contributed by atoms with van der Waals surface area (Å²) in [5.41, 5.74) is 0.252. The highest BCUT2D eigenvalue weighted by Gasteiger charge is 2.22. The number of halogens is 3. The Balaban J connectivity index is 1.51. The first-order chi connectivity index (χ1) is 12.4. The van der Waals surface area contributed by atoms with Gasteiger partial charge in [-0.2, -0.15) is 0 Å². The van der Waals surface area contributed by atoms with Crippen LogP contribution in [0.4, 0.5) is 19.0 Å². The third-order valence-electron chi connectivity index (χ3n) is 4.36. The molecule has 0 atom stereocenters. The van der Waals surface area contributed by atoms with Crippen LogP contribution in [0.2, 0.25) is 0 Å². The molecule has 1 fully saturated rings. The monoisotopic (exact) mass is 365 g/mol. The van der Waals surface area contributed by atoms with E-state index in [1.54, 1.807) is 17.0 Å². The fourth-order valence-corrected chi connectivity index (χ4v) is 2.91. The topological polar surface area (TPSA) is 56.7 Å². The largest absolute Gasteiger partial charge is 0.506 e. The van der Waals surface area contributed by atoms with E-state index >= 15 is 0 Å². The number of carbonyl (C=O) groups is 1. The molecule has 3 rings (SSSR count). The molecular weight excluding hydrogens is 347 g/mol. The van der Waals surface area contributed by atoms with Crippen LogP contribution in [0.5, 0.6) is 5.75 Å². The number of benzene rings is 1. The highest BCUT2D eigenvalue weighted by atomic mass is 19.2. The Hall–Kier alpha value is -2.77. The number of amides is 1. The van der Waals surface area contributed by atoms with E-state index in [1.165, 1.54) is 6.20 Å². The molecule has 0 radical (unpaired) electrons. The van der Waals surface area contributed by atoms with Crippen LogP contribution in [-0.2, 0) is 11.2 Å². The summed E-state index contributed by atoms with van der Waals surface area (Å²) in [6.07, 6.45) is 1.61. The highest BCUT2D eigenvalue weighted by molar-refractivity contribution is 5.76. The Morgan fingerprint density at radius 2 is 1.73 bits per heavy atom. The van der Waals surface area contributed by atoms with Crippen LogP contribution >= 0.6 is 0 Å². The van der Waals surface area contributed by atoms with E-state index in [0.29, 0.717) is 26.2 Å². The van der Waals surface area contributed by atoms with Crippen molar-refractivity contribution in [1.82, 2.24) is 9.88 Å². The van der Waals surface area contributed by atoms with E-state index in [4.69, 9.17) is 0 Å². The maximum absolute atomic E-state index is 13.2. The molecule has 0 aliphatic carbocycles. The Morgan fingerprint density at radius 1 is 1.08 bits per heavy atom. The second-order valence-electron chi connectivity index (χ2n) is 6.12. The third kappa shape index (κ3) is 4.07. The summed E-state index contributed by atoms with van der Waals surface area (Å²) in [5.74, 6) is -3.29. The number of nitrogens with zero attached hydrogens (tertiary/aromatic N) is 3. The molecule has 1 amide bonds. The first kappa shape index (κ1) is 18.0. The van der Waals surface area contributed by atoms with Crippen LogP contribution in [0.3, 0.4) is 0 Å². The molecule has 0 saturated carbocycles. The quantitative estimate of drug-likeness (QED) is 0.846. The molecule has 2 heterocycles. The molecule has 26 heavy (non-hydrogen) atoms. The molecule has 1 saturated heterocycles. The van der Waals surface area contributed by atoms with Gasteiger partial charge in [0.05, 0.1) is 6.20 Å². The fraction of sp³-hybridized carbons (Fsp3) is 0.333. The van der Waals surface area contributed by atoms with E-state index in [9.17, 15) is 23.1 Å². The van der Waals surface area contributed by atoms with E-state index in [-0.39, 0.29) is 30.1 Å². The third-order valence-corrected chi connectivity index (χ3v) is 4.36. The summed E-state index contributed by atoms with van der Waals surface area (Å²) in [6, 6.07) is 5.10. The lowest BCUT2D eigenvalue weighted by atomic mass is 10.1. The summed E-state index contributed by atoms with van der Waals surface area (Å²) in [4.78, 5) is 20.1. The first-order valence-electron chi connectivity index (χ1n) is 8.25. The van der Waals surface area contributed by atoms with Crippen molar-refractivity contribution in [3.05, 3.63) is 53.5 Å². The standard InChI is InChI=1S/C18H18F3N3O2/c19-14-9-12(10-15(20)18(14)21)1-4-17(26)24-7-5-23(6-8-24)16-3-2-13(25)11-22-16/h2-3,9-11,25H,1,4-8H2. The molecule has 0 unspecified atom stereocenters. The number of piperazine rings is 1. The Morgan fingerprint density at radius 3 is 2.31 bits per heavy atom. The Kier molecular flexibility index (Phi) is 5.29. The minimum Gasteiger partial charge on any atom is -0.506 e. The lowest BCUT2D eigenvalue weighted by Crippen LogP contribution is -2.49. The van der Waals surface area contributed by atoms with Gasteiger partial charge in [0, 0.05) is 32.6 Å². The molecule has 0 spiro atoms. The van der Waals surface area contributed by atoms with Crippen LogP contribution in [0, 0.1) is 17.5 Å². The summed E-state index contributed by atoms with van der Waals surface area (Å²) in [5, 5.41) is 9.27. The van der Waals surface area contributed by atoms with Gasteiger partial charge in [-0.3, -0.25) is 4.79 Å². The van der Waals surface area contributed by atoms with Gasteiger partial charge < -0.3 is 14.9 Å². The van der Waals surface area contributed by atoms with Crippen molar-refractivity contribution in [3.63, 3.8) is 0 Å². The van der Waals surface area contributed by atoms with Gasteiger partial charge in [-0.15, -0.1) is 0 Å². The Labute approximate surface area is 148 Å². The van der Waals surface area contributed by atoms with Crippen LogP contribution in [-0.4, -0.2) is 47.1 Å². The highest BCUT2D eigenvalue weighted by Crippen LogP contribution is 2.18. The lowest BCUT2D eigenvalue weighted by molar-refractivity contribution is -0.131. The predicted octanol–water partition coefficient (Wildman–Crippen LogP) is 2.49. The normalized spacial score (nSPS) is 14.6. The van der Waals surface area contributed by atoms with Crippen molar-refractivity contribution in [3.8, 4) is 5.75 Å². The molecule has 0 bridgehead atoms. The zero-order valence-electron chi connectivity index (χ0n) is 14.0. The number of hydrogen-bond donors (Lipinski definition) is 1. The molecule has 1 aromatic heterocycles. The second-order valence-corrected chi connectivity index (χ2v) is 6.12. The van der Waals surface area contributed by atoms with Crippen molar-refractivity contribution >= 4 is 11.7 Å². The van der Waals surface area contributed by atoms with E-state index in [0.717, 1.165) is 18.0 Å². The van der Waals surface area contributed by atoms with Crippen LogP contribution < -0.4 is 4.90 Å². The van der Waals surface area contributed by atoms with Crippen molar-refractivity contribution in [2.75, 3.05) is 31.1 Å². The molecule has 1 aliphatic heterocycles. The molecule has 8 heteroatoms. The van der Waals surface area contributed by atoms with Crippen molar-refractivity contribution in [1.29, 1.82) is 0 Å². The average molecular weight is 365 g/mol. The van der Waals surface area contributed by atoms with Gasteiger partial charge >= 0.3 is 0 Å². The summed E-state index contributed by atoms with van der Waals surface area (Å²) in [7, 11) is 0. The van der Waals surface area contributed by atoms with Crippen LogP contribution in [0.25, 0.3) is 0 Å². The zero-order chi connectivity index (χ0) is 18.7. The number of aromatic hydroxyl groups is 1. The van der Waals surface area contributed by atoms with E-state index in [1.807, 2.05) is 4.90 Å². The van der Waals surface area contributed by atoms with Crippen LogP contribution in [0.1, 0.15) is 12.0 Å². The number of pyridine rings is 1. The van der Waals surface area contributed by atoms with Gasteiger partial charge in [-0.1, -0.05) is 0 Å². The van der Waals surface area contributed by atoms with Gasteiger partial charge in [-0.25, -0.2) is 18.2 Å². The van der Waals surface area contributed by atoms with Crippen molar-refractivity contribution < 1.29 is 23.1 Å². The molecular formula is C18H18F3N3O2. The lowest BCUT2D eigenvalue weighted by Gasteiger charge is -2.35. The van der Waals surface area contributed by atoms with Gasteiger partial charge in [-0.05, 0) is 36.2 Å². The van der Waals surface area contributed by atoms with Gasteiger partial charge in [0.2, 0.25) is 5.91 Å². The van der Waals surface area contributed by atoms with Gasteiger partial charge in [0.15, 0.2) is 17.5 Å². The van der Waals surface area contributed by atoms with Crippen molar-refractivity contribution in [2.24, 2.45) is 0 Å². The number of hydrogen-bond acceptors (Lipinski definition) is 4. The van der Waals surface area contributed by atoms with E-state index in [2.05, 4.69) is 4.98 Å². The second kappa shape index (κ2) is 7.63. The van der Waals surface area contributed by atoms with Gasteiger partial charge in [0.1, 0.15) is 11.6 Å². The summed E-state index contributed by atoms with van der Waals surface area (Å²) >= 11 is 0. The smallest absolute Gasteiger partial charge is 0.223 e. The average Bonchev–Trinajstić information content (AvgIpc) is 2.65. The summed E-state index contributed by atoms with van der Waals surface area (Å²) in [6.45, 7) is 2.22. The Bertz CT molecular complexity index is 768. The predicted molar refractivity (Wildman–Crippen MR) is 89.3 cm³/mol. The number of carbonyl (C=O) groups excluding carboxylic acids is 1. The minimum atomic E-state index is -1.50. The maximum Gasteiger partial charge on any atom is 0.223 e. The fourth-order valence-electron chi connectivity index (χ4n) is 2.91. The first-order valence-corrected chi connectivity index (χ1v) is 8.25. The SMILES string of the molecule is O=C(CCc1cc(F)c(F)c(F)c1)N1CCN(c2ccc(O)cn2)CC1. The molecule has 5 nitrogen and oxygen atoms in total.